The third kappa shape index (κ3) is 3.88. The minimum absolute atomic E-state index is 0.194. The number of thioether (sulfide) groups is 1. The van der Waals surface area contributed by atoms with E-state index >= 15 is 0 Å². The van der Waals surface area contributed by atoms with Gasteiger partial charge >= 0.3 is 0 Å². The number of carbonyl (C=O) groups excluding carboxylic acids is 3. The minimum Gasteiger partial charge on any atom is -0.325 e. The molecule has 0 saturated heterocycles. The van der Waals surface area contributed by atoms with Crippen molar-refractivity contribution >= 4 is 34.9 Å². The van der Waals surface area contributed by atoms with Gasteiger partial charge in [-0.2, -0.15) is 0 Å². The van der Waals surface area contributed by atoms with E-state index in [2.05, 4.69) is 20.8 Å². The molecule has 0 aliphatic heterocycles. The normalized spacial score (nSPS) is 14.1. The van der Waals surface area contributed by atoms with Gasteiger partial charge in [0.05, 0.1) is 10.8 Å². The fourth-order valence-corrected chi connectivity index (χ4v) is 4.28. The summed E-state index contributed by atoms with van der Waals surface area (Å²) in [5.74, 6) is -0.683. The van der Waals surface area contributed by atoms with E-state index in [9.17, 15) is 14.4 Å². The van der Waals surface area contributed by atoms with Crippen molar-refractivity contribution in [3.05, 3.63) is 64.7 Å². The van der Waals surface area contributed by atoms with Crippen LogP contribution in [0, 0.1) is 0 Å². The predicted octanol–water partition coefficient (Wildman–Crippen LogP) is 3.32. The Balaban J connectivity index is 1.53. The molecular formula is C22H21N5O3S. The number of aromatic nitrogens is 4. The molecule has 31 heavy (non-hydrogen) atoms. The molecule has 1 amide bonds. The third-order valence-corrected chi connectivity index (χ3v) is 5.95. The van der Waals surface area contributed by atoms with Crippen molar-refractivity contribution in [2.75, 3.05) is 5.32 Å². The molecule has 0 fully saturated rings. The molecule has 1 aliphatic carbocycles. The number of hydrogen-bond donors (Lipinski definition) is 1. The van der Waals surface area contributed by atoms with Gasteiger partial charge in [0.15, 0.2) is 11.6 Å². The molecule has 2 aromatic carbocycles. The molecule has 0 saturated carbocycles. The second-order valence-corrected chi connectivity index (χ2v) is 9.57. The quantitative estimate of drug-likeness (QED) is 0.490. The van der Waals surface area contributed by atoms with E-state index in [1.165, 1.54) is 11.8 Å². The van der Waals surface area contributed by atoms with E-state index in [1.54, 1.807) is 54.1 Å². The fraction of sp³-hybridized carbons (Fsp3) is 0.273. The van der Waals surface area contributed by atoms with Crippen LogP contribution < -0.4 is 5.32 Å². The van der Waals surface area contributed by atoms with Gasteiger partial charge in [-0.25, -0.2) is 4.68 Å². The number of nitrogens with one attached hydrogen (secondary N) is 1. The smallest absolute Gasteiger partial charge is 0.237 e. The number of amides is 1. The van der Waals surface area contributed by atoms with Gasteiger partial charge in [0.25, 0.3) is 0 Å². The molecule has 1 N–H and O–H groups in total. The maximum absolute atomic E-state index is 12.9. The highest BCUT2D eigenvalue weighted by Crippen LogP contribution is 2.30. The van der Waals surface area contributed by atoms with Gasteiger partial charge in [-0.15, -0.1) is 5.10 Å². The zero-order chi connectivity index (χ0) is 22.3. The topological polar surface area (TPSA) is 107 Å². The largest absolute Gasteiger partial charge is 0.325 e. The first-order valence-electron chi connectivity index (χ1n) is 9.75. The average molecular weight is 436 g/mol. The van der Waals surface area contributed by atoms with Crippen LogP contribution in [0.2, 0.25) is 0 Å². The highest BCUT2D eigenvalue weighted by Gasteiger charge is 2.30. The molecule has 9 heteroatoms. The van der Waals surface area contributed by atoms with Gasteiger partial charge in [0.2, 0.25) is 11.1 Å². The van der Waals surface area contributed by atoms with Crippen LogP contribution in [0.25, 0.3) is 0 Å². The third-order valence-electron chi connectivity index (χ3n) is 4.92. The number of carbonyl (C=O) groups is 3. The van der Waals surface area contributed by atoms with E-state index in [1.807, 2.05) is 20.8 Å². The highest BCUT2D eigenvalue weighted by atomic mass is 32.2. The van der Waals surface area contributed by atoms with Gasteiger partial charge in [0.1, 0.15) is 0 Å². The lowest BCUT2D eigenvalue weighted by Crippen LogP contribution is -2.27. The summed E-state index contributed by atoms with van der Waals surface area (Å²) in [6.45, 7) is 7.68. The van der Waals surface area contributed by atoms with E-state index in [-0.39, 0.29) is 23.0 Å². The van der Waals surface area contributed by atoms with Crippen molar-refractivity contribution < 1.29 is 14.4 Å². The lowest BCUT2D eigenvalue weighted by Gasteiger charge is -2.21. The zero-order valence-electron chi connectivity index (χ0n) is 17.5. The molecule has 4 rings (SSSR count). The number of nitrogens with zero attached hydrogens (tertiary/aromatic N) is 4. The first kappa shape index (κ1) is 20.9. The predicted molar refractivity (Wildman–Crippen MR) is 117 cm³/mol. The van der Waals surface area contributed by atoms with E-state index in [0.717, 1.165) is 0 Å². The first-order valence-corrected chi connectivity index (χ1v) is 10.6. The zero-order valence-corrected chi connectivity index (χ0v) is 18.4. The van der Waals surface area contributed by atoms with Crippen LogP contribution in [0.4, 0.5) is 5.69 Å². The van der Waals surface area contributed by atoms with Crippen LogP contribution in [-0.2, 0) is 10.3 Å². The maximum Gasteiger partial charge on any atom is 0.237 e. The second-order valence-electron chi connectivity index (χ2n) is 8.26. The monoisotopic (exact) mass is 435 g/mol. The molecule has 1 aliphatic rings. The fourth-order valence-electron chi connectivity index (χ4n) is 3.31. The molecule has 8 nitrogen and oxygen atoms in total. The Hall–Kier alpha value is -3.33. The molecular weight excluding hydrogens is 414 g/mol. The summed E-state index contributed by atoms with van der Waals surface area (Å²) >= 11 is 1.25. The average Bonchev–Trinajstić information content (AvgIpc) is 3.20. The summed E-state index contributed by atoms with van der Waals surface area (Å²) in [4.78, 5) is 38.3. The second kappa shape index (κ2) is 7.73. The Kier molecular flexibility index (Phi) is 5.22. The summed E-state index contributed by atoms with van der Waals surface area (Å²) in [7, 11) is 0. The van der Waals surface area contributed by atoms with Crippen molar-refractivity contribution in [2.45, 2.75) is 43.6 Å². The first-order chi connectivity index (χ1) is 14.7. The van der Waals surface area contributed by atoms with Gasteiger partial charge < -0.3 is 5.32 Å². The minimum atomic E-state index is -0.485. The molecule has 3 aromatic rings. The van der Waals surface area contributed by atoms with Gasteiger partial charge in [-0.3, -0.25) is 14.4 Å². The Labute approximate surface area is 183 Å². The molecule has 1 aromatic heterocycles. The van der Waals surface area contributed by atoms with Crippen molar-refractivity contribution in [2.24, 2.45) is 0 Å². The van der Waals surface area contributed by atoms with Gasteiger partial charge in [-0.1, -0.05) is 36.0 Å². The van der Waals surface area contributed by atoms with Gasteiger partial charge in [-0.05, 0) is 56.3 Å². The number of hydrogen-bond acceptors (Lipinski definition) is 7. The SMILES string of the molecule is C[C@@H](Sc1nnnn1C(C)(C)C)C(=O)Nc1ccc2c(c1)C(=O)c1ccccc1C2=O. The van der Waals surface area contributed by atoms with E-state index < -0.39 is 5.25 Å². The molecule has 158 valence electrons. The van der Waals surface area contributed by atoms with E-state index in [0.29, 0.717) is 33.1 Å². The number of tetrazole rings is 1. The molecule has 0 spiro atoms. The molecule has 0 unspecified atom stereocenters. The lowest BCUT2D eigenvalue weighted by atomic mass is 9.84. The van der Waals surface area contributed by atoms with Crippen molar-refractivity contribution in [1.82, 2.24) is 20.2 Å². The number of anilines is 1. The van der Waals surface area contributed by atoms with Gasteiger partial charge in [0, 0.05) is 27.9 Å². The number of ketones is 2. The number of benzene rings is 2. The Morgan fingerprint density at radius 2 is 1.61 bits per heavy atom. The highest BCUT2D eigenvalue weighted by molar-refractivity contribution is 8.00. The van der Waals surface area contributed by atoms with Crippen LogP contribution in [0.15, 0.2) is 47.6 Å². The van der Waals surface area contributed by atoms with Crippen LogP contribution in [0.1, 0.15) is 59.5 Å². The summed E-state index contributed by atoms with van der Waals surface area (Å²) in [6.07, 6.45) is 0. The Morgan fingerprint density at radius 1 is 1.00 bits per heavy atom. The van der Waals surface area contributed by atoms with Crippen molar-refractivity contribution in [3.8, 4) is 0 Å². The van der Waals surface area contributed by atoms with Crippen molar-refractivity contribution in [3.63, 3.8) is 0 Å². The van der Waals surface area contributed by atoms with Crippen LogP contribution in [0.5, 0.6) is 0 Å². The summed E-state index contributed by atoms with van der Waals surface area (Å²) < 4.78 is 1.67. The molecule has 1 atom stereocenters. The number of rotatable bonds is 4. The van der Waals surface area contributed by atoms with E-state index in [4.69, 9.17) is 0 Å². The number of fused-ring (bicyclic) bond motifs is 2. The lowest BCUT2D eigenvalue weighted by molar-refractivity contribution is -0.115. The molecule has 1 heterocycles. The summed E-state index contributed by atoms with van der Waals surface area (Å²) in [6, 6.07) is 11.5. The van der Waals surface area contributed by atoms with Crippen LogP contribution in [-0.4, -0.2) is 42.9 Å². The summed E-state index contributed by atoms with van der Waals surface area (Å²) in [5.41, 5.74) is 1.54. The molecule has 0 bridgehead atoms. The molecule has 0 radical (unpaired) electrons. The Morgan fingerprint density at radius 3 is 2.26 bits per heavy atom. The van der Waals surface area contributed by atoms with Crippen LogP contribution >= 0.6 is 11.8 Å². The summed E-state index contributed by atoms with van der Waals surface area (Å²) in [5, 5.41) is 14.6. The van der Waals surface area contributed by atoms with Crippen LogP contribution in [0.3, 0.4) is 0 Å². The van der Waals surface area contributed by atoms with Crippen molar-refractivity contribution in [1.29, 1.82) is 0 Å². The standard InChI is InChI=1S/C22H21N5O3S/c1-12(31-21-24-25-26-27(21)22(2,3)4)20(30)23-13-9-10-16-17(11-13)19(29)15-8-6-5-7-14(15)18(16)28/h5-12H,1-4H3,(H,23,30)/t12-/m1/s1. The Bertz CT molecular complexity index is 1210. The maximum atomic E-state index is 12.9.